The third-order valence-corrected chi connectivity index (χ3v) is 5.17. The van der Waals surface area contributed by atoms with E-state index in [0.29, 0.717) is 24.0 Å². The number of carbonyl (C=O) groups is 2. The van der Waals surface area contributed by atoms with E-state index in [-0.39, 0.29) is 11.8 Å². The number of nitrogens with zero attached hydrogens (tertiary/aromatic N) is 3. The lowest BCUT2D eigenvalue weighted by atomic mass is 10.1. The first-order chi connectivity index (χ1) is 12.1. The molecule has 1 fully saturated rings. The molecule has 6 nitrogen and oxygen atoms in total. The summed E-state index contributed by atoms with van der Waals surface area (Å²) < 4.78 is 2.00. The second-order valence-corrected chi connectivity index (χ2v) is 7.63. The number of amides is 2. The first kappa shape index (κ1) is 18.0. The number of imidazole rings is 1. The van der Waals surface area contributed by atoms with Gasteiger partial charge in [0.1, 0.15) is 5.69 Å². The smallest absolute Gasteiger partial charge is 0.289 e. The second-order valence-electron chi connectivity index (χ2n) is 7.63. The number of hydrogen-bond donors (Lipinski definition) is 1. The van der Waals surface area contributed by atoms with Gasteiger partial charge in [0.15, 0.2) is 5.82 Å². The van der Waals surface area contributed by atoms with Crippen LogP contribution in [0.3, 0.4) is 0 Å². The quantitative estimate of drug-likeness (QED) is 0.891. The highest BCUT2D eigenvalue weighted by Gasteiger charge is 2.30. The van der Waals surface area contributed by atoms with E-state index in [2.05, 4.69) is 24.1 Å². The largest absolute Gasteiger partial charge is 0.351 e. The summed E-state index contributed by atoms with van der Waals surface area (Å²) in [5, 5.41) is 2.97. The van der Waals surface area contributed by atoms with Crippen LogP contribution in [0.25, 0.3) is 0 Å². The van der Waals surface area contributed by atoms with Crippen molar-refractivity contribution in [3.63, 3.8) is 0 Å². The Morgan fingerprint density at radius 2 is 1.80 bits per heavy atom. The molecule has 0 unspecified atom stereocenters. The molecule has 0 saturated carbocycles. The Hall–Kier alpha value is -1.85. The number of hydrogen-bond acceptors (Lipinski definition) is 3. The molecule has 0 aliphatic carbocycles. The number of aromatic nitrogens is 2. The van der Waals surface area contributed by atoms with Gasteiger partial charge in [0, 0.05) is 26.2 Å². The summed E-state index contributed by atoms with van der Waals surface area (Å²) >= 11 is 0. The number of carbonyl (C=O) groups excluding carboxylic acids is 2. The van der Waals surface area contributed by atoms with Crippen LogP contribution in [0.5, 0.6) is 0 Å². The van der Waals surface area contributed by atoms with Gasteiger partial charge in [-0.05, 0) is 50.9 Å². The van der Waals surface area contributed by atoms with Gasteiger partial charge in [-0.2, -0.15) is 0 Å². The number of likely N-dealkylation sites (tertiary alicyclic amines) is 1. The molecule has 1 aromatic heterocycles. The summed E-state index contributed by atoms with van der Waals surface area (Å²) in [5.41, 5.74) is 1.40. The van der Waals surface area contributed by atoms with Gasteiger partial charge in [-0.15, -0.1) is 0 Å². The molecule has 0 spiro atoms. The third kappa shape index (κ3) is 4.05. The Labute approximate surface area is 150 Å². The second kappa shape index (κ2) is 8.02. The minimum absolute atomic E-state index is 0.0101. The standard InChI is InChI=1S/C19H30N4O2/c1-14(2)9-10-20-18(24)16-15-8-4-7-13-23(15)17(21-16)19(25)22-11-5-3-6-12-22/h14H,3-13H2,1-2H3,(H,20,24). The first-order valence-corrected chi connectivity index (χ1v) is 9.75. The number of rotatable bonds is 5. The molecule has 2 aliphatic rings. The lowest BCUT2D eigenvalue weighted by molar-refractivity contribution is 0.0705. The summed E-state index contributed by atoms with van der Waals surface area (Å²) in [4.78, 5) is 31.9. The minimum Gasteiger partial charge on any atom is -0.351 e. The SMILES string of the molecule is CC(C)CCNC(=O)c1nc(C(=O)N2CCCCC2)n2c1CCCC2. The van der Waals surface area contributed by atoms with Crippen LogP contribution >= 0.6 is 0 Å². The van der Waals surface area contributed by atoms with Crippen molar-refractivity contribution in [1.82, 2.24) is 19.8 Å². The molecule has 2 amide bonds. The van der Waals surface area contributed by atoms with Crippen LogP contribution in [-0.4, -0.2) is 45.9 Å². The van der Waals surface area contributed by atoms with Crippen LogP contribution < -0.4 is 5.32 Å². The van der Waals surface area contributed by atoms with Gasteiger partial charge >= 0.3 is 0 Å². The minimum atomic E-state index is -0.135. The molecule has 1 N–H and O–H groups in total. The highest BCUT2D eigenvalue weighted by atomic mass is 16.2. The van der Waals surface area contributed by atoms with E-state index < -0.39 is 0 Å². The Balaban J connectivity index is 1.80. The maximum atomic E-state index is 12.9. The number of fused-ring (bicyclic) bond motifs is 1. The lowest BCUT2D eigenvalue weighted by Gasteiger charge is -2.27. The summed E-state index contributed by atoms with van der Waals surface area (Å²) in [6, 6.07) is 0. The van der Waals surface area contributed by atoms with Crippen LogP contribution in [0.4, 0.5) is 0 Å². The van der Waals surface area contributed by atoms with Gasteiger partial charge in [-0.25, -0.2) is 4.98 Å². The monoisotopic (exact) mass is 346 g/mol. The highest BCUT2D eigenvalue weighted by Crippen LogP contribution is 2.23. The molecular weight excluding hydrogens is 316 g/mol. The molecular formula is C19H30N4O2. The number of piperidine rings is 1. The predicted octanol–water partition coefficient (Wildman–Crippen LogP) is 2.62. The van der Waals surface area contributed by atoms with Crippen molar-refractivity contribution in [1.29, 1.82) is 0 Å². The van der Waals surface area contributed by atoms with Crippen LogP contribution in [-0.2, 0) is 13.0 Å². The molecule has 1 saturated heterocycles. The maximum Gasteiger partial charge on any atom is 0.289 e. The fraction of sp³-hybridized carbons (Fsp3) is 0.737. The van der Waals surface area contributed by atoms with Gasteiger partial charge in [-0.1, -0.05) is 13.8 Å². The fourth-order valence-corrected chi connectivity index (χ4v) is 3.68. The predicted molar refractivity (Wildman–Crippen MR) is 96.7 cm³/mol. The average molecular weight is 346 g/mol. The van der Waals surface area contributed by atoms with Crippen molar-refractivity contribution in [2.24, 2.45) is 5.92 Å². The summed E-state index contributed by atoms with van der Waals surface area (Å²) in [6.45, 7) is 7.32. The Morgan fingerprint density at radius 3 is 2.52 bits per heavy atom. The van der Waals surface area contributed by atoms with Crippen LogP contribution in [0.2, 0.25) is 0 Å². The van der Waals surface area contributed by atoms with Gasteiger partial charge in [0.2, 0.25) is 0 Å². The van der Waals surface area contributed by atoms with E-state index in [1.165, 1.54) is 6.42 Å². The number of nitrogens with one attached hydrogen (secondary N) is 1. The van der Waals surface area contributed by atoms with Crippen molar-refractivity contribution in [2.45, 2.75) is 65.3 Å². The summed E-state index contributed by atoms with van der Waals surface area (Å²) in [7, 11) is 0. The van der Waals surface area contributed by atoms with Crippen molar-refractivity contribution in [2.75, 3.05) is 19.6 Å². The Bertz CT molecular complexity index is 630. The van der Waals surface area contributed by atoms with Gasteiger partial charge in [0.05, 0.1) is 5.69 Å². The van der Waals surface area contributed by atoms with E-state index in [1.54, 1.807) is 0 Å². The van der Waals surface area contributed by atoms with Crippen LogP contribution in [0, 0.1) is 5.92 Å². The molecule has 3 heterocycles. The van der Waals surface area contributed by atoms with Gasteiger partial charge in [-0.3, -0.25) is 9.59 Å². The van der Waals surface area contributed by atoms with E-state index >= 15 is 0 Å². The van der Waals surface area contributed by atoms with E-state index in [0.717, 1.165) is 63.9 Å². The summed E-state index contributed by atoms with van der Waals surface area (Å²) in [5.74, 6) is 0.867. The molecule has 0 bridgehead atoms. The Morgan fingerprint density at radius 1 is 1.08 bits per heavy atom. The van der Waals surface area contributed by atoms with Crippen LogP contribution in [0.15, 0.2) is 0 Å². The zero-order valence-corrected chi connectivity index (χ0v) is 15.5. The molecule has 0 atom stereocenters. The van der Waals surface area contributed by atoms with E-state index in [9.17, 15) is 9.59 Å². The molecule has 3 rings (SSSR count). The average Bonchev–Trinajstić information content (AvgIpc) is 3.01. The highest BCUT2D eigenvalue weighted by molar-refractivity contribution is 5.97. The van der Waals surface area contributed by atoms with Crippen molar-refractivity contribution >= 4 is 11.8 Å². The molecule has 6 heteroatoms. The molecule has 1 aromatic rings. The molecule has 0 radical (unpaired) electrons. The van der Waals surface area contributed by atoms with E-state index in [1.807, 2.05) is 9.47 Å². The van der Waals surface area contributed by atoms with Gasteiger partial charge in [0.25, 0.3) is 11.8 Å². The maximum absolute atomic E-state index is 12.9. The fourth-order valence-electron chi connectivity index (χ4n) is 3.68. The van der Waals surface area contributed by atoms with E-state index in [4.69, 9.17) is 0 Å². The zero-order valence-electron chi connectivity index (χ0n) is 15.5. The molecule has 2 aliphatic heterocycles. The summed E-state index contributed by atoms with van der Waals surface area (Å²) in [6.07, 6.45) is 7.17. The Kier molecular flexibility index (Phi) is 5.76. The molecule has 0 aromatic carbocycles. The van der Waals surface area contributed by atoms with Crippen LogP contribution in [0.1, 0.15) is 79.2 Å². The normalized spacial score (nSPS) is 17.5. The zero-order chi connectivity index (χ0) is 17.8. The van der Waals surface area contributed by atoms with Gasteiger partial charge < -0.3 is 14.8 Å². The molecule has 138 valence electrons. The third-order valence-electron chi connectivity index (χ3n) is 5.17. The van der Waals surface area contributed by atoms with Crippen molar-refractivity contribution < 1.29 is 9.59 Å². The first-order valence-electron chi connectivity index (χ1n) is 9.75. The topological polar surface area (TPSA) is 67.2 Å². The molecule has 25 heavy (non-hydrogen) atoms. The van der Waals surface area contributed by atoms with Crippen molar-refractivity contribution in [3.8, 4) is 0 Å². The van der Waals surface area contributed by atoms with Crippen molar-refractivity contribution in [3.05, 3.63) is 17.2 Å². The lowest BCUT2D eigenvalue weighted by Crippen LogP contribution is -2.37.